The first kappa shape index (κ1) is 13.3. The van der Waals surface area contributed by atoms with Crippen molar-refractivity contribution in [3.05, 3.63) is 23.9 Å². The molecule has 0 saturated carbocycles. The number of nitrogens with one attached hydrogen (secondary N) is 1. The minimum Gasteiger partial charge on any atom is -0.394 e. The maximum absolute atomic E-state index is 9.52. The Labute approximate surface area is 109 Å². The van der Waals surface area contributed by atoms with Crippen molar-refractivity contribution in [1.29, 1.82) is 0 Å². The van der Waals surface area contributed by atoms with E-state index in [1.165, 1.54) is 18.4 Å². The highest BCUT2D eigenvalue weighted by Gasteiger charge is 2.25. The molecule has 0 aliphatic carbocycles. The van der Waals surface area contributed by atoms with Crippen molar-refractivity contribution < 1.29 is 5.11 Å². The lowest BCUT2D eigenvalue weighted by molar-refractivity contribution is 0.239. The zero-order valence-electron chi connectivity index (χ0n) is 11.3. The fraction of sp³-hybridized carbons (Fsp3) is 0.643. The van der Waals surface area contributed by atoms with Gasteiger partial charge in [-0.05, 0) is 39.3 Å². The van der Waals surface area contributed by atoms with Gasteiger partial charge in [0.2, 0.25) is 0 Å². The minimum absolute atomic E-state index is 0.212. The van der Waals surface area contributed by atoms with E-state index in [4.69, 9.17) is 0 Å². The van der Waals surface area contributed by atoms with Gasteiger partial charge >= 0.3 is 0 Å². The molecule has 2 rings (SSSR count). The summed E-state index contributed by atoms with van der Waals surface area (Å²) in [4.78, 5) is 6.81. The molecular formula is C14H23N3O. The van der Waals surface area contributed by atoms with Gasteiger partial charge in [-0.25, -0.2) is 4.98 Å². The third-order valence-corrected chi connectivity index (χ3v) is 3.83. The first-order chi connectivity index (χ1) is 8.77. The highest BCUT2D eigenvalue weighted by Crippen LogP contribution is 2.29. The molecule has 1 saturated heterocycles. The number of pyridine rings is 1. The monoisotopic (exact) mass is 249 g/mol. The van der Waals surface area contributed by atoms with E-state index in [1.807, 2.05) is 19.3 Å². The lowest BCUT2D eigenvalue weighted by atomic mass is 10.0. The Morgan fingerprint density at radius 2 is 2.39 bits per heavy atom. The first-order valence-corrected chi connectivity index (χ1v) is 6.77. The Morgan fingerprint density at radius 1 is 1.56 bits per heavy atom. The summed E-state index contributed by atoms with van der Waals surface area (Å²) in [7, 11) is 1.96. The van der Waals surface area contributed by atoms with Gasteiger partial charge in [-0.1, -0.05) is 6.07 Å². The summed E-state index contributed by atoms with van der Waals surface area (Å²) in [6.07, 6.45) is 5.27. The van der Waals surface area contributed by atoms with Gasteiger partial charge in [0.1, 0.15) is 5.82 Å². The standard InChI is InChI=1S/C14H23N3O/c1-11(15-2)13-7-5-8-16-14(13)17-9-4-3-6-12(17)10-18/h5,7-8,11-12,15,18H,3-4,6,9-10H2,1-2H3. The highest BCUT2D eigenvalue weighted by atomic mass is 16.3. The van der Waals surface area contributed by atoms with Gasteiger partial charge in [-0.2, -0.15) is 0 Å². The Balaban J connectivity index is 2.30. The van der Waals surface area contributed by atoms with Crippen molar-refractivity contribution in [2.45, 2.75) is 38.3 Å². The van der Waals surface area contributed by atoms with Crippen LogP contribution >= 0.6 is 0 Å². The summed E-state index contributed by atoms with van der Waals surface area (Å²) in [5.41, 5.74) is 1.21. The first-order valence-electron chi connectivity index (χ1n) is 6.77. The molecule has 0 amide bonds. The summed E-state index contributed by atoms with van der Waals surface area (Å²) in [5.74, 6) is 1.03. The van der Waals surface area contributed by atoms with E-state index >= 15 is 0 Å². The number of hydrogen-bond donors (Lipinski definition) is 2. The molecule has 0 radical (unpaired) electrons. The second-order valence-corrected chi connectivity index (χ2v) is 4.95. The van der Waals surface area contributed by atoms with Crippen molar-refractivity contribution in [3.63, 3.8) is 0 Å². The van der Waals surface area contributed by atoms with Crippen molar-refractivity contribution in [3.8, 4) is 0 Å². The fourth-order valence-corrected chi connectivity index (χ4v) is 2.61. The molecular weight excluding hydrogens is 226 g/mol. The van der Waals surface area contributed by atoms with Crippen molar-refractivity contribution in [1.82, 2.24) is 10.3 Å². The summed E-state index contributed by atoms with van der Waals surface area (Å²) >= 11 is 0. The molecule has 0 aromatic carbocycles. The number of rotatable bonds is 4. The van der Waals surface area contributed by atoms with Gasteiger partial charge in [-0.3, -0.25) is 0 Å². The maximum atomic E-state index is 9.52. The molecule has 0 spiro atoms. The predicted octanol–water partition coefficient (Wildman–Crippen LogP) is 1.71. The lowest BCUT2D eigenvalue weighted by Gasteiger charge is -2.37. The molecule has 1 aromatic rings. The van der Waals surface area contributed by atoms with Crippen LogP contribution in [0.25, 0.3) is 0 Å². The maximum Gasteiger partial charge on any atom is 0.133 e. The predicted molar refractivity (Wildman–Crippen MR) is 73.8 cm³/mol. The van der Waals surface area contributed by atoms with Crippen LogP contribution in [-0.4, -0.2) is 36.3 Å². The zero-order chi connectivity index (χ0) is 13.0. The number of nitrogens with zero attached hydrogens (tertiary/aromatic N) is 2. The second-order valence-electron chi connectivity index (χ2n) is 4.95. The highest BCUT2D eigenvalue weighted by molar-refractivity contribution is 5.49. The minimum atomic E-state index is 0.212. The van der Waals surface area contributed by atoms with Crippen LogP contribution in [0.2, 0.25) is 0 Å². The van der Waals surface area contributed by atoms with Gasteiger partial charge in [0, 0.05) is 24.3 Å². The van der Waals surface area contributed by atoms with E-state index in [9.17, 15) is 5.11 Å². The molecule has 1 aromatic heterocycles. The van der Waals surface area contributed by atoms with E-state index in [1.54, 1.807) is 0 Å². The Hall–Kier alpha value is -1.13. The van der Waals surface area contributed by atoms with E-state index < -0.39 is 0 Å². The molecule has 18 heavy (non-hydrogen) atoms. The number of piperidine rings is 1. The van der Waals surface area contributed by atoms with E-state index in [0.717, 1.165) is 18.8 Å². The average molecular weight is 249 g/mol. The largest absolute Gasteiger partial charge is 0.394 e. The van der Waals surface area contributed by atoms with Crippen molar-refractivity contribution in [2.24, 2.45) is 0 Å². The van der Waals surface area contributed by atoms with Crippen LogP contribution in [0.1, 0.15) is 37.8 Å². The molecule has 0 bridgehead atoms. The van der Waals surface area contributed by atoms with E-state index in [0.29, 0.717) is 0 Å². The smallest absolute Gasteiger partial charge is 0.133 e. The molecule has 1 aliphatic heterocycles. The topological polar surface area (TPSA) is 48.4 Å². The van der Waals surface area contributed by atoms with Gasteiger partial charge < -0.3 is 15.3 Å². The number of aliphatic hydroxyl groups is 1. The molecule has 100 valence electrons. The van der Waals surface area contributed by atoms with Gasteiger partial charge in [0.25, 0.3) is 0 Å². The van der Waals surface area contributed by atoms with Crippen LogP contribution in [0, 0.1) is 0 Å². The molecule has 2 N–H and O–H groups in total. The van der Waals surface area contributed by atoms with Crippen LogP contribution < -0.4 is 10.2 Å². The van der Waals surface area contributed by atoms with Crippen LogP contribution in [0.4, 0.5) is 5.82 Å². The molecule has 1 aliphatic rings. The summed E-state index contributed by atoms with van der Waals surface area (Å²) < 4.78 is 0. The van der Waals surface area contributed by atoms with Crippen LogP contribution in [0.3, 0.4) is 0 Å². The fourth-order valence-electron chi connectivity index (χ4n) is 2.61. The summed E-state index contributed by atoms with van der Waals surface area (Å²) in [6.45, 7) is 3.34. The second kappa shape index (κ2) is 6.16. The van der Waals surface area contributed by atoms with Gasteiger partial charge in [0.15, 0.2) is 0 Å². The lowest BCUT2D eigenvalue weighted by Crippen LogP contribution is -2.43. The Kier molecular flexibility index (Phi) is 4.55. The third-order valence-electron chi connectivity index (χ3n) is 3.83. The third kappa shape index (κ3) is 2.65. The molecule has 1 fully saturated rings. The number of anilines is 1. The quantitative estimate of drug-likeness (QED) is 0.853. The zero-order valence-corrected chi connectivity index (χ0v) is 11.3. The Bertz CT molecular complexity index is 383. The number of aromatic nitrogens is 1. The van der Waals surface area contributed by atoms with E-state index in [2.05, 4.69) is 28.2 Å². The molecule has 2 heterocycles. The summed E-state index contributed by atoms with van der Waals surface area (Å²) in [6, 6.07) is 4.59. The van der Waals surface area contributed by atoms with E-state index in [-0.39, 0.29) is 18.7 Å². The molecule has 4 nitrogen and oxygen atoms in total. The molecule has 2 unspecified atom stereocenters. The van der Waals surface area contributed by atoms with Crippen molar-refractivity contribution in [2.75, 3.05) is 25.1 Å². The average Bonchev–Trinajstić information content (AvgIpc) is 2.46. The summed E-state index contributed by atoms with van der Waals surface area (Å²) in [5, 5.41) is 12.8. The van der Waals surface area contributed by atoms with Crippen LogP contribution in [-0.2, 0) is 0 Å². The van der Waals surface area contributed by atoms with Crippen LogP contribution in [0.15, 0.2) is 18.3 Å². The number of hydrogen-bond acceptors (Lipinski definition) is 4. The normalized spacial score (nSPS) is 21.9. The van der Waals surface area contributed by atoms with Crippen LogP contribution in [0.5, 0.6) is 0 Å². The van der Waals surface area contributed by atoms with Gasteiger partial charge in [0.05, 0.1) is 12.6 Å². The SMILES string of the molecule is CNC(C)c1cccnc1N1CCCCC1CO. The molecule has 4 heteroatoms. The molecule has 2 atom stereocenters. The van der Waals surface area contributed by atoms with Gasteiger partial charge in [-0.15, -0.1) is 0 Å². The van der Waals surface area contributed by atoms with Crippen molar-refractivity contribution >= 4 is 5.82 Å². The Morgan fingerprint density at radius 3 is 3.11 bits per heavy atom. The number of aliphatic hydroxyl groups excluding tert-OH is 1.